The molecule has 3 rings (SSSR count). The Balaban J connectivity index is 1.78. The van der Waals surface area contributed by atoms with Gasteiger partial charge >= 0.3 is 0 Å². The normalized spacial score (nSPS) is 25.4. The van der Waals surface area contributed by atoms with Crippen LogP contribution in [-0.4, -0.2) is 64.2 Å². The van der Waals surface area contributed by atoms with Crippen molar-refractivity contribution in [2.75, 3.05) is 20.1 Å². The van der Waals surface area contributed by atoms with E-state index in [1.165, 1.54) is 18.9 Å². The van der Waals surface area contributed by atoms with Crippen molar-refractivity contribution in [2.24, 2.45) is 5.10 Å². The Morgan fingerprint density at radius 2 is 1.81 bits per heavy atom. The Kier molecular flexibility index (Phi) is 4.53. The van der Waals surface area contributed by atoms with Gasteiger partial charge in [0.2, 0.25) is 0 Å². The number of carbonyl (C=O) groups excluding carboxylic acids is 2. The smallest absolute Gasteiger partial charge is 0.270 e. The van der Waals surface area contributed by atoms with Crippen LogP contribution in [0.4, 0.5) is 8.78 Å². The molecule has 2 aliphatic heterocycles. The number of nitrogens with one attached hydrogen (secondary N) is 1. The van der Waals surface area contributed by atoms with Crippen molar-refractivity contribution in [3.8, 4) is 0 Å². The summed E-state index contributed by atoms with van der Waals surface area (Å²) >= 11 is 0. The first-order chi connectivity index (χ1) is 12.2. The summed E-state index contributed by atoms with van der Waals surface area (Å²) in [6.07, 6.45) is -0.662. The van der Waals surface area contributed by atoms with Crippen molar-refractivity contribution in [3.63, 3.8) is 0 Å². The van der Waals surface area contributed by atoms with Crippen LogP contribution in [0.1, 0.15) is 35.7 Å². The van der Waals surface area contributed by atoms with E-state index in [-0.39, 0.29) is 31.8 Å². The van der Waals surface area contributed by atoms with E-state index in [1.54, 1.807) is 24.3 Å². The lowest BCUT2D eigenvalue weighted by Gasteiger charge is -2.31. The van der Waals surface area contributed by atoms with Crippen LogP contribution in [0.15, 0.2) is 29.4 Å². The van der Waals surface area contributed by atoms with Crippen molar-refractivity contribution in [1.29, 1.82) is 0 Å². The van der Waals surface area contributed by atoms with Gasteiger partial charge in [0.25, 0.3) is 17.7 Å². The summed E-state index contributed by atoms with van der Waals surface area (Å²) in [5.74, 6) is -3.43. The van der Waals surface area contributed by atoms with E-state index in [9.17, 15) is 23.6 Å². The summed E-state index contributed by atoms with van der Waals surface area (Å²) in [5, 5.41) is 14.7. The first-order valence-electron chi connectivity index (χ1n) is 8.24. The number of benzene rings is 1. The molecule has 1 saturated heterocycles. The Bertz CT molecular complexity index is 756. The second kappa shape index (κ2) is 6.40. The molecule has 7 nitrogen and oxygen atoms in total. The molecule has 0 aliphatic carbocycles. The van der Waals surface area contributed by atoms with E-state index in [4.69, 9.17) is 0 Å². The van der Waals surface area contributed by atoms with Gasteiger partial charge in [0.1, 0.15) is 0 Å². The number of likely N-dealkylation sites (tertiary alicyclic amines) is 1. The molecule has 1 unspecified atom stereocenters. The number of piperidine rings is 1. The molecule has 140 valence electrons. The highest BCUT2D eigenvalue weighted by Crippen LogP contribution is 2.29. The van der Waals surface area contributed by atoms with Gasteiger partial charge in [-0.1, -0.05) is 12.1 Å². The molecule has 2 heterocycles. The molecule has 2 amide bonds. The van der Waals surface area contributed by atoms with E-state index >= 15 is 0 Å². The number of halogens is 2. The Labute approximate surface area is 149 Å². The number of rotatable bonds is 3. The third kappa shape index (κ3) is 3.08. The standard InChI is InChI=1S/C17H20F2N4O3/c1-16(21-26)13(20-22(2)15(16)25)11-3-5-12(6-4-11)14(24)23-9-7-17(18,19)8-10-23/h3-6,21,26H,7-10H2,1-2H3. The third-order valence-electron chi connectivity index (χ3n) is 4.86. The molecular weight excluding hydrogens is 346 g/mol. The van der Waals surface area contributed by atoms with Gasteiger partial charge in [-0.25, -0.2) is 13.8 Å². The fourth-order valence-corrected chi connectivity index (χ4v) is 3.16. The van der Waals surface area contributed by atoms with Crippen LogP contribution in [0.25, 0.3) is 0 Å². The lowest BCUT2D eigenvalue weighted by Crippen LogP contribution is -2.53. The fraction of sp³-hybridized carbons (Fsp3) is 0.471. The molecular formula is C17H20F2N4O3. The first kappa shape index (κ1) is 18.4. The minimum atomic E-state index is -2.71. The van der Waals surface area contributed by atoms with E-state index in [0.29, 0.717) is 16.8 Å². The van der Waals surface area contributed by atoms with E-state index in [0.717, 1.165) is 5.01 Å². The van der Waals surface area contributed by atoms with Gasteiger partial charge in [-0.2, -0.15) is 10.6 Å². The second-order valence-corrected chi connectivity index (χ2v) is 6.74. The number of hydrazone groups is 1. The van der Waals surface area contributed by atoms with Crippen LogP contribution in [0.3, 0.4) is 0 Å². The average molecular weight is 366 g/mol. The van der Waals surface area contributed by atoms with Gasteiger partial charge in [0.05, 0.1) is 5.71 Å². The third-order valence-corrected chi connectivity index (χ3v) is 4.86. The molecule has 0 saturated carbocycles. The zero-order valence-electron chi connectivity index (χ0n) is 14.5. The minimum Gasteiger partial charge on any atom is -0.338 e. The number of hydrogen-bond donors (Lipinski definition) is 2. The van der Waals surface area contributed by atoms with E-state index in [1.807, 2.05) is 5.48 Å². The minimum absolute atomic E-state index is 0.0199. The largest absolute Gasteiger partial charge is 0.338 e. The quantitative estimate of drug-likeness (QED) is 0.794. The average Bonchev–Trinajstić information content (AvgIpc) is 2.86. The lowest BCUT2D eigenvalue weighted by atomic mass is 9.90. The zero-order valence-corrected chi connectivity index (χ0v) is 14.5. The number of amides is 2. The molecule has 1 atom stereocenters. The molecule has 0 aromatic heterocycles. The van der Waals surface area contributed by atoms with Crippen molar-refractivity contribution in [3.05, 3.63) is 35.4 Å². The summed E-state index contributed by atoms with van der Waals surface area (Å²) in [4.78, 5) is 26.0. The van der Waals surface area contributed by atoms with Gasteiger partial charge < -0.3 is 10.1 Å². The van der Waals surface area contributed by atoms with Gasteiger partial charge in [-0.05, 0) is 19.1 Å². The molecule has 0 radical (unpaired) electrons. The van der Waals surface area contributed by atoms with E-state index < -0.39 is 17.4 Å². The summed E-state index contributed by atoms with van der Waals surface area (Å²) in [6, 6.07) is 6.36. The zero-order chi connectivity index (χ0) is 19.1. The molecule has 0 bridgehead atoms. The second-order valence-electron chi connectivity index (χ2n) is 6.74. The molecule has 1 aromatic rings. The number of likely N-dealkylation sites (N-methyl/N-ethyl adjacent to an activating group) is 1. The number of hydrogen-bond acceptors (Lipinski definition) is 5. The molecule has 1 aromatic carbocycles. The van der Waals surface area contributed by atoms with Crippen LogP contribution in [0.2, 0.25) is 0 Å². The van der Waals surface area contributed by atoms with Crippen molar-refractivity contribution >= 4 is 17.5 Å². The number of hydroxylamine groups is 1. The van der Waals surface area contributed by atoms with Gasteiger partial charge in [-0.3, -0.25) is 9.59 Å². The number of alkyl halides is 2. The van der Waals surface area contributed by atoms with Crippen LogP contribution >= 0.6 is 0 Å². The van der Waals surface area contributed by atoms with Gasteiger partial charge in [0, 0.05) is 44.1 Å². The highest BCUT2D eigenvalue weighted by atomic mass is 19.3. The maximum absolute atomic E-state index is 13.2. The Hall–Kier alpha value is -2.39. The monoisotopic (exact) mass is 366 g/mol. The number of carbonyl (C=O) groups is 2. The predicted octanol–water partition coefficient (Wildman–Crippen LogP) is 1.47. The van der Waals surface area contributed by atoms with Crippen molar-refractivity contribution in [2.45, 2.75) is 31.2 Å². The molecule has 2 aliphatic rings. The predicted molar refractivity (Wildman–Crippen MR) is 89.2 cm³/mol. The number of nitrogens with zero attached hydrogens (tertiary/aromatic N) is 3. The molecule has 1 fully saturated rings. The fourth-order valence-electron chi connectivity index (χ4n) is 3.16. The van der Waals surface area contributed by atoms with Crippen LogP contribution < -0.4 is 5.48 Å². The first-order valence-corrected chi connectivity index (χ1v) is 8.24. The Morgan fingerprint density at radius 1 is 1.23 bits per heavy atom. The van der Waals surface area contributed by atoms with Gasteiger partial charge in [0.15, 0.2) is 5.54 Å². The summed E-state index contributed by atoms with van der Waals surface area (Å²) in [5.41, 5.74) is 1.88. The lowest BCUT2D eigenvalue weighted by molar-refractivity contribution is -0.134. The van der Waals surface area contributed by atoms with Gasteiger partial charge in [-0.15, -0.1) is 0 Å². The van der Waals surface area contributed by atoms with Crippen molar-refractivity contribution in [1.82, 2.24) is 15.4 Å². The summed E-state index contributed by atoms with van der Waals surface area (Å²) in [6.45, 7) is 1.54. The van der Waals surface area contributed by atoms with E-state index in [2.05, 4.69) is 5.10 Å². The summed E-state index contributed by atoms with van der Waals surface area (Å²) < 4.78 is 26.5. The highest BCUT2D eigenvalue weighted by molar-refractivity contribution is 6.23. The molecule has 0 spiro atoms. The van der Waals surface area contributed by atoms with Crippen LogP contribution in [0, 0.1) is 0 Å². The van der Waals surface area contributed by atoms with Crippen LogP contribution in [0.5, 0.6) is 0 Å². The molecule has 26 heavy (non-hydrogen) atoms. The molecule has 9 heteroatoms. The maximum atomic E-state index is 13.2. The summed E-state index contributed by atoms with van der Waals surface area (Å²) in [7, 11) is 1.48. The Morgan fingerprint density at radius 3 is 2.35 bits per heavy atom. The SMILES string of the molecule is CN1N=C(c2ccc(C(=O)N3CCC(F)(F)CC3)cc2)C(C)(NO)C1=O. The van der Waals surface area contributed by atoms with Crippen molar-refractivity contribution < 1.29 is 23.6 Å². The van der Waals surface area contributed by atoms with Crippen LogP contribution in [-0.2, 0) is 4.79 Å². The highest BCUT2D eigenvalue weighted by Gasteiger charge is 2.46. The topological polar surface area (TPSA) is 85.2 Å². The molecule has 2 N–H and O–H groups in total. The maximum Gasteiger partial charge on any atom is 0.270 e.